The van der Waals surface area contributed by atoms with Gasteiger partial charge in [0.25, 0.3) is 0 Å². The number of imidazole rings is 1. The van der Waals surface area contributed by atoms with E-state index in [0.29, 0.717) is 11.1 Å². The molecule has 3 nitrogen and oxygen atoms in total. The molecule has 0 saturated carbocycles. The number of aromatic nitrogens is 2. The van der Waals surface area contributed by atoms with E-state index in [2.05, 4.69) is 27.7 Å². The predicted octanol–water partition coefficient (Wildman–Crippen LogP) is 3.15. The van der Waals surface area contributed by atoms with Gasteiger partial charge in [-0.25, -0.2) is 4.98 Å². The molecule has 2 aromatic rings. The second kappa shape index (κ2) is 4.90. The van der Waals surface area contributed by atoms with E-state index in [1.54, 1.807) is 0 Å². The zero-order valence-corrected chi connectivity index (χ0v) is 11.4. The monoisotopic (exact) mass is 263 g/mol. The lowest BCUT2D eigenvalue weighted by atomic mass is 10.0. The largest absolute Gasteiger partial charge is 0.316 e. The van der Waals surface area contributed by atoms with Crippen LogP contribution in [0.2, 0.25) is 5.15 Å². The zero-order valence-electron chi connectivity index (χ0n) is 10.6. The highest BCUT2D eigenvalue weighted by molar-refractivity contribution is 6.32. The molecule has 0 aromatic carbocycles. The highest BCUT2D eigenvalue weighted by Crippen LogP contribution is 2.28. The number of fused-ring (bicyclic) bond motifs is 1. The first-order chi connectivity index (χ1) is 8.77. The van der Waals surface area contributed by atoms with E-state index in [1.165, 1.54) is 25.0 Å². The molecule has 1 fully saturated rings. The quantitative estimate of drug-likeness (QED) is 0.856. The summed E-state index contributed by atoms with van der Waals surface area (Å²) in [4.78, 5) is 4.60. The zero-order chi connectivity index (χ0) is 12.5. The fraction of sp³-hybridized carbons (Fsp3) is 0.500. The number of rotatable bonds is 1. The molecular formula is C14H18ClN3. The SMILES string of the molecule is Cc1cccc2c(Cl)nc(C3CCCCNC3)n12. The number of halogens is 1. The maximum Gasteiger partial charge on any atom is 0.155 e. The van der Waals surface area contributed by atoms with E-state index in [1.807, 2.05) is 12.1 Å². The second-order valence-corrected chi connectivity index (χ2v) is 5.40. The van der Waals surface area contributed by atoms with Crippen LogP contribution in [-0.4, -0.2) is 22.5 Å². The van der Waals surface area contributed by atoms with E-state index in [4.69, 9.17) is 11.6 Å². The van der Waals surface area contributed by atoms with Crippen molar-refractivity contribution < 1.29 is 0 Å². The molecule has 1 N–H and O–H groups in total. The first kappa shape index (κ1) is 12.0. The van der Waals surface area contributed by atoms with Crippen LogP contribution in [0.5, 0.6) is 0 Å². The minimum atomic E-state index is 0.466. The average Bonchev–Trinajstić information content (AvgIpc) is 2.56. The third-order valence-corrected chi connectivity index (χ3v) is 4.03. The van der Waals surface area contributed by atoms with Crippen LogP contribution in [0, 0.1) is 6.92 Å². The fourth-order valence-corrected chi connectivity index (χ4v) is 3.04. The lowest BCUT2D eigenvalue weighted by molar-refractivity contribution is 0.574. The van der Waals surface area contributed by atoms with Gasteiger partial charge in [-0.2, -0.15) is 0 Å². The first-order valence-corrected chi connectivity index (χ1v) is 6.99. The Kier molecular flexibility index (Phi) is 3.27. The summed E-state index contributed by atoms with van der Waals surface area (Å²) in [5.41, 5.74) is 2.22. The topological polar surface area (TPSA) is 29.3 Å². The van der Waals surface area contributed by atoms with E-state index < -0.39 is 0 Å². The molecule has 96 valence electrons. The molecule has 0 bridgehead atoms. The van der Waals surface area contributed by atoms with Gasteiger partial charge in [-0.1, -0.05) is 24.1 Å². The number of pyridine rings is 1. The van der Waals surface area contributed by atoms with Crippen LogP contribution in [-0.2, 0) is 0 Å². The van der Waals surface area contributed by atoms with Crippen molar-refractivity contribution in [1.82, 2.24) is 14.7 Å². The van der Waals surface area contributed by atoms with Gasteiger partial charge in [-0.15, -0.1) is 0 Å². The maximum atomic E-state index is 6.26. The number of nitrogens with zero attached hydrogens (tertiary/aromatic N) is 2. The van der Waals surface area contributed by atoms with Crippen molar-refractivity contribution in [3.05, 3.63) is 34.9 Å². The summed E-state index contributed by atoms with van der Waals surface area (Å²) >= 11 is 6.26. The van der Waals surface area contributed by atoms with Crippen molar-refractivity contribution in [2.75, 3.05) is 13.1 Å². The Morgan fingerprint density at radius 2 is 2.28 bits per heavy atom. The van der Waals surface area contributed by atoms with E-state index >= 15 is 0 Å². The van der Waals surface area contributed by atoms with Gasteiger partial charge in [0.1, 0.15) is 5.82 Å². The highest BCUT2D eigenvalue weighted by atomic mass is 35.5. The van der Waals surface area contributed by atoms with Crippen LogP contribution in [0.15, 0.2) is 18.2 Å². The van der Waals surface area contributed by atoms with Gasteiger partial charge >= 0.3 is 0 Å². The lowest BCUT2D eigenvalue weighted by Gasteiger charge is -2.14. The molecule has 18 heavy (non-hydrogen) atoms. The van der Waals surface area contributed by atoms with Crippen molar-refractivity contribution in [2.45, 2.75) is 32.1 Å². The molecule has 1 aliphatic heterocycles. The van der Waals surface area contributed by atoms with Gasteiger partial charge in [-0.05, 0) is 38.4 Å². The summed E-state index contributed by atoms with van der Waals surface area (Å²) < 4.78 is 2.21. The molecule has 0 spiro atoms. The minimum absolute atomic E-state index is 0.466. The molecular weight excluding hydrogens is 246 g/mol. The summed E-state index contributed by atoms with van der Waals surface area (Å²) in [7, 11) is 0. The molecule has 3 rings (SSSR count). The number of aryl methyl sites for hydroxylation is 1. The number of nitrogens with one attached hydrogen (secondary N) is 1. The van der Waals surface area contributed by atoms with Gasteiger partial charge in [-0.3, -0.25) is 4.40 Å². The molecule has 1 unspecified atom stereocenters. The van der Waals surface area contributed by atoms with Gasteiger partial charge in [0.2, 0.25) is 0 Å². The summed E-state index contributed by atoms with van der Waals surface area (Å²) in [6.45, 7) is 4.23. The minimum Gasteiger partial charge on any atom is -0.316 e. The summed E-state index contributed by atoms with van der Waals surface area (Å²) in [5, 5.41) is 4.12. The Labute approximate surface area is 112 Å². The Balaban J connectivity index is 2.10. The number of hydrogen-bond donors (Lipinski definition) is 1. The highest BCUT2D eigenvalue weighted by Gasteiger charge is 2.21. The van der Waals surface area contributed by atoms with Crippen LogP contribution < -0.4 is 5.32 Å². The Morgan fingerprint density at radius 3 is 3.17 bits per heavy atom. The molecule has 2 aromatic heterocycles. The summed E-state index contributed by atoms with van der Waals surface area (Å²) in [5.74, 6) is 1.58. The predicted molar refractivity (Wildman–Crippen MR) is 74.4 cm³/mol. The van der Waals surface area contributed by atoms with Gasteiger partial charge in [0.05, 0.1) is 5.52 Å². The molecule has 0 amide bonds. The van der Waals surface area contributed by atoms with Crippen molar-refractivity contribution in [1.29, 1.82) is 0 Å². The van der Waals surface area contributed by atoms with Gasteiger partial charge in [0.15, 0.2) is 5.15 Å². The molecule has 1 saturated heterocycles. The first-order valence-electron chi connectivity index (χ1n) is 6.61. The normalized spacial score (nSPS) is 21.1. The Morgan fingerprint density at radius 1 is 1.39 bits per heavy atom. The van der Waals surface area contributed by atoms with Crippen LogP contribution in [0.1, 0.15) is 36.7 Å². The summed E-state index contributed by atoms with van der Waals surface area (Å²) in [6.07, 6.45) is 3.71. The molecule has 0 aliphatic carbocycles. The van der Waals surface area contributed by atoms with Crippen LogP contribution >= 0.6 is 11.6 Å². The van der Waals surface area contributed by atoms with Crippen molar-refractivity contribution >= 4 is 17.1 Å². The second-order valence-electron chi connectivity index (χ2n) is 5.05. The maximum absolute atomic E-state index is 6.26. The Hall–Kier alpha value is -1.06. The Bertz CT molecular complexity index is 553. The summed E-state index contributed by atoms with van der Waals surface area (Å²) in [6, 6.07) is 6.18. The average molecular weight is 264 g/mol. The molecule has 4 heteroatoms. The molecule has 1 atom stereocenters. The van der Waals surface area contributed by atoms with Crippen molar-refractivity contribution in [2.24, 2.45) is 0 Å². The lowest BCUT2D eigenvalue weighted by Crippen LogP contribution is -2.21. The third kappa shape index (κ3) is 2.02. The fourth-order valence-electron chi connectivity index (χ4n) is 2.80. The molecule has 1 aliphatic rings. The van der Waals surface area contributed by atoms with E-state index in [9.17, 15) is 0 Å². The third-order valence-electron chi connectivity index (χ3n) is 3.75. The van der Waals surface area contributed by atoms with Gasteiger partial charge in [0, 0.05) is 18.2 Å². The van der Waals surface area contributed by atoms with Crippen LogP contribution in [0.3, 0.4) is 0 Å². The van der Waals surface area contributed by atoms with E-state index in [0.717, 1.165) is 24.4 Å². The standard InChI is InChI=1S/C14H18ClN3/c1-10-5-4-7-12-13(15)17-14(18(10)12)11-6-2-3-8-16-9-11/h4-5,7,11,16H,2-3,6,8-9H2,1H3. The molecule has 3 heterocycles. The molecule has 0 radical (unpaired) electrons. The van der Waals surface area contributed by atoms with Crippen molar-refractivity contribution in [3.63, 3.8) is 0 Å². The van der Waals surface area contributed by atoms with E-state index in [-0.39, 0.29) is 0 Å². The number of hydrogen-bond acceptors (Lipinski definition) is 2. The van der Waals surface area contributed by atoms with Crippen LogP contribution in [0.4, 0.5) is 0 Å². The van der Waals surface area contributed by atoms with Crippen LogP contribution in [0.25, 0.3) is 5.52 Å². The smallest absolute Gasteiger partial charge is 0.155 e. The van der Waals surface area contributed by atoms with Crippen molar-refractivity contribution in [3.8, 4) is 0 Å². The van der Waals surface area contributed by atoms with Gasteiger partial charge < -0.3 is 5.32 Å².